The van der Waals surface area contributed by atoms with Crippen LogP contribution in [0.1, 0.15) is 0 Å². The molecule has 3 N–H and O–H groups in total. The molecule has 0 aromatic rings. The van der Waals surface area contributed by atoms with Gasteiger partial charge in [-0.15, -0.1) is 0 Å². The summed E-state index contributed by atoms with van der Waals surface area (Å²) in [6, 6.07) is -0.445. The van der Waals surface area contributed by atoms with Gasteiger partial charge in [-0.1, -0.05) is 6.58 Å². The number of rotatable bonds is 5. The summed E-state index contributed by atoms with van der Waals surface area (Å²) in [6.45, 7) is 3.63. The number of urea groups is 1. The van der Waals surface area contributed by atoms with Crippen molar-refractivity contribution in [3.63, 3.8) is 0 Å². The maximum absolute atomic E-state index is 12.1. The van der Waals surface area contributed by atoms with Crippen molar-refractivity contribution in [2.45, 2.75) is 24.5 Å². The Morgan fingerprint density at radius 1 is 1.39 bits per heavy atom. The van der Waals surface area contributed by atoms with E-state index in [-0.39, 0.29) is 0 Å². The molecule has 1 saturated heterocycles. The van der Waals surface area contributed by atoms with Crippen LogP contribution in [0.4, 0.5) is 4.79 Å². The molecule has 9 nitrogen and oxygen atoms in total. The second-order valence-corrected chi connectivity index (χ2v) is 6.48. The number of hydrogen-bond donors (Lipinski definition) is 3. The highest BCUT2D eigenvalue weighted by molar-refractivity contribution is 7.55. The lowest BCUT2D eigenvalue weighted by atomic mass is 10.1. The highest BCUT2D eigenvalue weighted by atomic mass is 31.2. The summed E-state index contributed by atoms with van der Waals surface area (Å²) in [5.74, 6) is 0.743. The number of nitrogens with zero attached hydrogens (tertiary/aromatic N) is 1. The van der Waals surface area contributed by atoms with Gasteiger partial charge in [-0.3, -0.25) is 9.46 Å². The van der Waals surface area contributed by atoms with Crippen molar-refractivity contribution in [1.82, 2.24) is 10.2 Å². The van der Waals surface area contributed by atoms with E-state index < -0.39 is 38.2 Å². The van der Waals surface area contributed by atoms with E-state index in [1.807, 2.05) is 0 Å². The fourth-order valence-electron chi connectivity index (χ4n) is 2.44. The molecule has 0 aliphatic carbocycles. The summed E-state index contributed by atoms with van der Waals surface area (Å²) in [4.78, 5) is 31.2. The third kappa shape index (κ3) is 4.08. The van der Waals surface area contributed by atoms with Crippen LogP contribution in [0.3, 0.4) is 0 Å². The minimum Gasteiger partial charge on any atom is -0.375 e. The van der Waals surface area contributed by atoms with Crippen molar-refractivity contribution in [3.8, 4) is 0 Å². The number of nitrogens with one attached hydrogen (secondary N) is 1. The van der Waals surface area contributed by atoms with E-state index in [1.54, 1.807) is 6.08 Å². The first-order chi connectivity index (χ1) is 10.8. The van der Waals surface area contributed by atoms with Crippen LogP contribution in [0.5, 0.6) is 0 Å². The maximum Gasteiger partial charge on any atom is 0.348 e. The average molecular weight is 346 g/mol. The van der Waals surface area contributed by atoms with Gasteiger partial charge in [-0.2, -0.15) is 0 Å². The standard InChI is InChI=1S/C13H19N2O7P/c1-8-4-6-15(13(16)14-8)12-11(21-3)10(20-2)9(22-12)5-7-23(17,18)19/h4-7,9-12H,1H2,2-3H3,(H,14,16)(H2,17,18,19)/b7-5+/t9-,10-,11-,12-/m1/s1. The van der Waals surface area contributed by atoms with Crippen molar-refractivity contribution < 1.29 is 33.4 Å². The lowest BCUT2D eigenvalue weighted by Gasteiger charge is -2.31. The Kier molecular flexibility index (Phi) is 5.41. The number of amides is 2. The number of carbonyl (C=O) groups is 1. The van der Waals surface area contributed by atoms with Crippen LogP contribution in [0.25, 0.3) is 0 Å². The molecule has 128 valence electrons. The highest BCUT2D eigenvalue weighted by Gasteiger charge is 2.48. The number of methoxy groups -OCH3 is 2. The molecule has 0 spiro atoms. The third-order valence-electron chi connectivity index (χ3n) is 3.45. The molecule has 0 saturated carbocycles. The Labute approximate surface area is 133 Å². The van der Waals surface area contributed by atoms with E-state index in [1.165, 1.54) is 31.4 Å². The molecule has 0 aromatic heterocycles. The predicted molar refractivity (Wildman–Crippen MR) is 80.1 cm³/mol. The largest absolute Gasteiger partial charge is 0.375 e. The molecule has 2 aliphatic rings. The average Bonchev–Trinajstić information content (AvgIpc) is 2.81. The zero-order valence-corrected chi connectivity index (χ0v) is 13.6. The Hall–Kier alpha value is -1.48. The van der Waals surface area contributed by atoms with Crippen LogP contribution in [0.2, 0.25) is 0 Å². The van der Waals surface area contributed by atoms with E-state index in [2.05, 4.69) is 11.9 Å². The topological polar surface area (TPSA) is 118 Å². The van der Waals surface area contributed by atoms with Gasteiger partial charge in [0, 0.05) is 31.9 Å². The molecule has 10 heteroatoms. The highest BCUT2D eigenvalue weighted by Crippen LogP contribution is 2.38. The lowest BCUT2D eigenvalue weighted by molar-refractivity contribution is -0.0634. The molecule has 2 aliphatic heterocycles. The summed E-state index contributed by atoms with van der Waals surface area (Å²) in [7, 11) is -1.47. The molecule has 23 heavy (non-hydrogen) atoms. The molecule has 1 fully saturated rings. The summed E-state index contributed by atoms with van der Waals surface area (Å²) in [5.41, 5.74) is 0.444. The summed E-state index contributed by atoms with van der Waals surface area (Å²) in [6.07, 6.45) is 1.42. The van der Waals surface area contributed by atoms with Crippen molar-refractivity contribution in [2.75, 3.05) is 14.2 Å². The second kappa shape index (κ2) is 6.96. The Morgan fingerprint density at radius 3 is 2.57 bits per heavy atom. The smallest absolute Gasteiger partial charge is 0.348 e. The normalized spacial score (nSPS) is 31.9. The van der Waals surface area contributed by atoms with E-state index in [0.717, 1.165) is 5.82 Å². The molecule has 2 rings (SSSR count). The van der Waals surface area contributed by atoms with Crippen LogP contribution in [-0.4, -0.2) is 59.5 Å². The third-order valence-corrected chi connectivity index (χ3v) is 4.01. The number of allylic oxidation sites excluding steroid dienone is 1. The fraction of sp³-hybridized carbons (Fsp3) is 0.462. The SMILES string of the molecule is C=C1C=CN([C@@H]2O[C@H](/C=C/P(=O)(O)O)[C@@H](OC)[C@H]2OC)C(=O)N1. The van der Waals surface area contributed by atoms with Gasteiger partial charge in [0.25, 0.3) is 0 Å². The maximum atomic E-state index is 12.1. The molecular formula is C13H19N2O7P. The Bertz CT molecular complexity index is 585. The van der Waals surface area contributed by atoms with Gasteiger partial charge in [0.15, 0.2) is 6.23 Å². The second-order valence-electron chi connectivity index (χ2n) is 5.00. The van der Waals surface area contributed by atoms with Crippen LogP contribution in [0.15, 0.2) is 36.4 Å². The first-order valence-corrected chi connectivity index (χ1v) is 8.37. The Morgan fingerprint density at radius 2 is 2.04 bits per heavy atom. The molecule has 0 radical (unpaired) electrons. The zero-order chi connectivity index (χ0) is 17.2. The van der Waals surface area contributed by atoms with Gasteiger partial charge in [0.1, 0.15) is 18.3 Å². The van der Waals surface area contributed by atoms with Crippen molar-refractivity contribution in [1.29, 1.82) is 0 Å². The molecule has 2 amide bonds. The lowest BCUT2D eigenvalue weighted by Crippen LogP contribution is -2.50. The first-order valence-electron chi connectivity index (χ1n) is 6.69. The van der Waals surface area contributed by atoms with E-state index in [4.69, 9.17) is 24.0 Å². The van der Waals surface area contributed by atoms with Crippen molar-refractivity contribution in [3.05, 3.63) is 36.4 Å². The summed E-state index contributed by atoms with van der Waals surface area (Å²) in [5, 5.41) is 2.54. The first kappa shape index (κ1) is 17.9. The fourth-order valence-corrected chi connectivity index (χ4v) is 2.84. The molecule has 0 unspecified atom stereocenters. The van der Waals surface area contributed by atoms with E-state index in [0.29, 0.717) is 5.70 Å². The quantitative estimate of drug-likeness (QED) is 0.620. The van der Waals surface area contributed by atoms with E-state index >= 15 is 0 Å². The molecule has 0 aromatic carbocycles. The van der Waals surface area contributed by atoms with Gasteiger partial charge in [-0.25, -0.2) is 4.79 Å². The summed E-state index contributed by atoms with van der Waals surface area (Å²) < 4.78 is 27.4. The van der Waals surface area contributed by atoms with Gasteiger partial charge < -0.3 is 29.3 Å². The molecular weight excluding hydrogens is 327 g/mol. The van der Waals surface area contributed by atoms with Crippen LogP contribution in [-0.2, 0) is 18.8 Å². The molecule has 2 heterocycles. The minimum atomic E-state index is -4.33. The summed E-state index contributed by atoms with van der Waals surface area (Å²) >= 11 is 0. The van der Waals surface area contributed by atoms with Crippen LogP contribution >= 0.6 is 7.60 Å². The van der Waals surface area contributed by atoms with Crippen molar-refractivity contribution >= 4 is 13.6 Å². The van der Waals surface area contributed by atoms with Gasteiger partial charge in [0.2, 0.25) is 0 Å². The van der Waals surface area contributed by atoms with E-state index in [9.17, 15) is 9.36 Å². The minimum absolute atomic E-state index is 0.444. The number of carbonyl (C=O) groups excluding carboxylic acids is 1. The van der Waals surface area contributed by atoms with Crippen molar-refractivity contribution in [2.24, 2.45) is 0 Å². The van der Waals surface area contributed by atoms with Crippen LogP contribution in [0, 0.1) is 0 Å². The number of ether oxygens (including phenoxy) is 3. The molecule has 4 atom stereocenters. The van der Waals surface area contributed by atoms with Gasteiger partial charge in [-0.05, 0) is 12.2 Å². The Balaban J connectivity index is 2.25. The van der Waals surface area contributed by atoms with Gasteiger partial charge >= 0.3 is 13.6 Å². The predicted octanol–water partition coefficient (Wildman–Crippen LogP) is 0.485. The van der Waals surface area contributed by atoms with Gasteiger partial charge in [0.05, 0.1) is 0 Å². The van der Waals surface area contributed by atoms with Crippen LogP contribution < -0.4 is 5.32 Å². The monoisotopic (exact) mass is 346 g/mol. The molecule has 0 bridgehead atoms. The number of hydrogen-bond acceptors (Lipinski definition) is 5. The zero-order valence-electron chi connectivity index (χ0n) is 12.7.